The smallest absolute Gasteiger partial charge is 0.110 e. The van der Waals surface area contributed by atoms with E-state index in [1.807, 2.05) is 6.92 Å². The third kappa shape index (κ3) is 1.79. The maximum atomic E-state index is 9.78. The Bertz CT molecular complexity index is 359. The van der Waals surface area contributed by atoms with Gasteiger partial charge in [-0.25, -0.2) is 4.98 Å². The van der Waals surface area contributed by atoms with Crippen LogP contribution in [0.2, 0.25) is 0 Å². The highest BCUT2D eigenvalue weighted by Crippen LogP contribution is 2.27. The van der Waals surface area contributed by atoms with Crippen LogP contribution in [0.1, 0.15) is 36.7 Å². The van der Waals surface area contributed by atoms with E-state index < -0.39 is 6.10 Å². The van der Waals surface area contributed by atoms with E-state index in [1.54, 1.807) is 0 Å². The topological polar surface area (TPSA) is 64.1 Å². The molecule has 0 amide bonds. The summed E-state index contributed by atoms with van der Waals surface area (Å²) >= 11 is 0. The van der Waals surface area contributed by atoms with Crippen LogP contribution >= 0.6 is 0 Å². The molecule has 0 radical (unpaired) electrons. The van der Waals surface area contributed by atoms with Gasteiger partial charge in [-0.2, -0.15) is 0 Å². The minimum atomic E-state index is -0.606. The summed E-state index contributed by atoms with van der Waals surface area (Å²) in [7, 11) is 0. The second-order valence-electron chi connectivity index (χ2n) is 4.49. The van der Waals surface area contributed by atoms with E-state index in [0.29, 0.717) is 5.92 Å². The number of aryl methyl sites for hydroxylation is 1. The zero-order valence-electron chi connectivity index (χ0n) is 9.40. The number of hydrogen-bond donors (Lipinski definition) is 2. The van der Waals surface area contributed by atoms with Crippen LogP contribution < -0.4 is 5.73 Å². The summed E-state index contributed by atoms with van der Waals surface area (Å²) < 4.78 is 2.22. The van der Waals surface area contributed by atoms with E-state index in [0.717, 1.165) is 24.5 Å². The van der Waals surface area contributed by atoms with Crippen LogP contribution in [-0.2, 0) is 13.0 Å². The Hall–Kier alpha value is -0.870. The van der Waals surface area contributed by atoms with E-state index >= 15 is 0 Å². The Labute approximate surface area is 90.1 Å². The zero-order valence-corrected chi connectivity index (χ0v) is 9.40. The normalized spacial score (nSPS) is 22.5. The maximum absolute atomic E-state index is 9.78. The van der Waals surface area contributed by atoms with Gasteiger partial charge in [0, 0.05) is 18.8 Å². The van der Waals surface area contributed by atoms with Gasteiger partial charge in [-0.05, 0) is 25.7 Å². The highest BCUT2D eigenvalue weighted by Gasteiger charge is 2.24. The number of nitrogens with zero attached hydrogens (tertiary/aromatic N) is 2. The van der Waals surface area contributed by atoms with E-state index in [4.69, 9.17) is 5.73 Å². The average molecular weight is 209 g/mol. The highest BCUT2D eigenvalue weighted by molar-refractivity contribution is 5.21. The summed E-state index contributed by atoms with van der Waals surface area (Å²) in [6.45, 7) is 5.50. The average Bonchev–Trinajstić information content (AvgIpc) is 2.54. The molecule has 1 aliphatic rings. The lowest BCUT2D eigenvalue weighted by atomic mass is 9.96. The van der Waals surface area contributed by atoms with Gasteiger partial charge in [0.2, 0.25) is 0 Å². The summed E-state index contributed by atoms with van der Waals surface area (Å²) in [6, 6.07) is 0. The molecule has 84 valence electrons. The van der Waals surface area contributed by atoms with Crippen molar-refractivity contribution in [3.8, 4) is 0 Å². The Balaban J connectivity index is 2.40. The molecule has 15 heavy (non-hydrogen) atoms. The quantitative estimate of drug-likeness (QED) is 0.756. The number of hydrogen-bond acceptors (Lipinski definition) is 3. The third-order valence-electron chi connectivity index (χ3n) is 3.22. The number of nitrogens with two attached hydrogens (primary N) is 1. The second-order valence-corrected chi connectivity index (χ2v) is 4.49. The summed E-state index contributed by atoms with van der Waals surface area (Å²) in [5, 5.41) is 9.78. The minimum absolute atomic E-state index is 0.248. The Morgan fingerprint density at radius 1 is 1.67 bits per heavy atom. The van der Waals surface area contributed by atoms with E-state index in [1.165, 1.54) is 12.1 Å². The first-order valence-electron chi connectivity index (χ1n) is 5.57. The van der Waals surface area contributed by atoms with Crippen LogP contribution in [-0.4, -0.2) is 21.2 Å². The van der Waals surface area contributed by atoms with Crippen molar-refractivity contribution in [1.29, 1.82) is 0 Å². The predicted molar refractivity (Wildman–Crippen MR) is 58.5 cm³/mol. The molecule has 0 spiro atoms. The number of fused-ring (bicyclic) bond motifs is 1. The fourth-order valence-corrected chi connectivity index (χ4v) is 2.30. The molecule has 2 rings (SSSR count). The Morgan fingerprint density at radius 3 is 3.07 bits per heavy atom. The fraction of sp³-hybridized carbons (Fsp3) is 0.727. The lowest BCUT2D eigenvalue weighted by Gasteiger charge is -2.22. The van der Waals surface area contributed by atoms with Gasteiger partial charge in [0.25, 0.3) is 0 Å². The van der Waals surface area contributed by atoms with E-state index in [9.17, 15) is 5.11 Å². The van der Waals surface area contributed by atoms with Crippen LogP contribution in [0.5, 0.6) is 0 Å². The molecule has 2 atom stereocenters. The molecule has 1 aromatic rings. The molecule has 1 aromatic heterocycles. The van der Waals surface area contributed by atoms with Crippen LogP contribution in [0.4, 0.5) is 0 Å². The van der Waals surface area contributed by atoms with Crippen LogP contribution in [0.25, 0.3) is 0 Å². The molecule has 0 fully saturated rings. The van der Waals surface area contributed by atoms with E-state index in [-0.39, 0.29) is 6.54 Å². The molecular weight excluding hydrogens is 190 g/mol. The van der Waals surface area contributed by atoms with Crippen LogP contribution in [0.15, 0.2) is 0 Å². The standard InChI is InChI=1S/C11H19N3O/c1-7-3-4-14-8(2)13-11(9(14)5-7)10(15)6-12/h7,10,15H,3-6,12H2,1-2H3. The molecule has 0 aliphatic carbocycles. The summed E-state index contributed by atoms with van der Waals surface area (Å²) in [5.74, 6) is 1.68. The van der Waals surface area contributed by atoms with E-state index in [2.05, 4.69) is 16.5 Å². The number of rotatable bonds is 2. The summed E-state index contributed by atoms with van der Waals surface area (Å²) in [5.41, 5.74) is 7.46. The van der Waals surface area contributed by atoms with Gasteiger partial charge in [0.15, 0.2) is 0 Å². The van der Waals surface area contributed by atoms with Gasteiger partial charge >= 0.3 is 0 Å². The molecule has 2 unspecified atom stereocenters. The summed E-state index contributed by atoms with van der Waals surface area (Å²) in [4.78, 5) is 4.43. The monoisotopic (exact) mass is 209 g/mol. The van der Waals surface area contributed by atoms with Gasteiger partial charge < -0.3 is 15.4 Å². The van der Waals surface area contributed by atoms with Crippen LogP contribution in [0, 0.1) is 12.8 Å². The van der Waals surface area contributed by atoms with Crippen LogP contribution in [0.3, 0.4) is 0 Å². The molecule has 0 saturated carbocycles. The molecule has 0 saturated heterocycles. The van der Waals surface area contributed by atoms with Gasteiger partial charge in [-0.15, -0.1) is 0 Å². The van der Waals surface area contributed by atoms with Crippen molar-refractivity contribution in [2.45, 2.75) is 39.3 Å². The zero-order chi connectivity index (χ0) is 11.0. The second kappa shape index (κ2) is 3.94. The van der Waals surface area contributed by atoms with Crippen molar-refractivity contribution in [3.63, 3.8) is 0 Å². The van der Waals surface area contributed by atoms with Crippen molar-refractivity contribution in [2.75, 3.05) is 6.54 Å². The van der Waals surface area contributed by atoms with Gasteiger partial charge in [0.05, 0.1) is 5.69 Å². The molecule has 0 aromatic carbocycles. The predicted octanol–water partition coefficient (Wildman–Crippen LogP) is 0.766. The third-order valence-corrected chi connectivity index (χ3v) is 3.22. The molecule has 4 heteroatoms. The molecule has 0 bridgehead atoms. The maximum Gasteiger partial charge on any atom is 0.110 e. The van der Waals surface area contributed by atoms with Gasteiger partial charge in [0.1, 0.15) is 11.9 Å². The molecular formula is C11H19N3O. The van der Waals surface area contributed by atoms with Crippen molar-refractivity contribution in [1.82, 2.24) is 9.55 Å². The first-order valence-corrected chi connectivity index (χ1v) is 5.57. The molecule has 2 heterocycles. The molecule has 3 N–H and O–H groups in total. The largest absolute Gasteiger partial charge is 0.385 e. The van der Waals surface area contributed by atoms with Gasteiger partial charge in [-0.3, -0.25) is 0 Å². The number of aromatic nitrogens is 2. The Morgan fingerprint density at radius 2 is 2.40 bits per heavy atom. The Kier molecular flexibility index (Phi) is 2.80. The fourth-order valence-electron chi connectivity index (χ4n) is 2.30. The van der Waals surface area contributed by atoms with Crippen molar-refractivity contribution in [3.05, 3.63) is 17.2 Å². The van der Waals surface area contributed by atoms with Crippen molar-refractivity contribution >= 4 is 0 Å². The van der Waals surface area contributed by atoms with Crippen molar-refractivity contribution < 1.29 is 5.11 Å². The highest BCUT2D eigenvalue weighted by atomic mass is 16.3. The minimum Gasteiger partial charge on any atom is -0.385 e. The lowest BCUT2D eigenvalue weighted by Crippen LogP contribution is -2.20. The number of aliphatic hydroxyl groups is 1. The number of aliphatic hydroxyl groups excluding tert-OH is 1. The summed E-state index contributed by atoms with van der Waals surface area (Å²) in [6.07, 6.45) is 1.60. The molecule has 1 aliphatic heterocycles. The molecule has 4 nitrogen and oxygen atoms in total. The SMILES string of the molecule is Cc1nc(C(O)CN)c2n1CCC(C)C2. The first-order chi connectivity index (χ1) is 7.13. The first kappa shape index (κ1) is 10.6. The van der Waals surface area contributed by atoms with Gasteiger partial charge in [-0.1, -0.05) is 6.92 Å². The van der Waals surface area contributed by atoms with Crippen molar-refractivity contribution in [2.24, 2.45) is 11.7 Å². The number of imidazole rings is 1. The lowest BCUT2D eigenvalue weighted by molar-refractivity contribution is 0.180.